The number of amides is 5. The quantitative estimate of drug-likeness (QED) is 0.0473. The summed E-state index contributed by atoms with van der Waals surface area (Å²) in [6, 6.07) is -1.91. The number of nitrogens with zero attached hydrogens (tertiary/aromatic N) is 1. The van der Waals surface area contributed by atoms with Crippen LogP contribution < -0.4 is 16.0 Å². The largest absolute Gasteiger partial charge is 0.480 e. The van der Waals surface area contributed by atoms with Crippen LogP contribution in [-0.4, -0.2) is 176 Å². The predicted molar refractivity (Wildman–Crippen MR) is 200 cm³/mol. The van der Waals surface area contributed by atoms with E-state index in [4.69, 9.17) is 43.0 Å². The number of imide groups is 1. The minimum atomic E-state index is -1.16. The molecule has 0 bridgehead atoms. The molecular weight excluding hydrogens is 740 g/mol. The molecule has 1 heterocycles. The molecule has 4 N–H and O–H groups in total. The molecule has 324 valence electrons. The van der Waals surface area contributed by atoms with E-state index < -0.39 is 24.0 Å². The number of hydrogen-bond acceptors (Lipinski definition) is 14. The van der Waals surface area contributed by atoms with Crippen molar-refractivity contribution in [3.05, 3.63) is 0 Å². The summed E-state index contributed by atoms with van der Waals surface area (Å²) >= 11 is 0. The molecule has 19 heteroatoms. The molecule has 3 atom stereocenters. The molecule has 0 aliphatic carbocycles. The number of hydrogen-bond donors (Lipinski definition) is 4. The van der Waals surface area contributed by atoms with Crippen LogP contribution in [0.2, 0.25) is 0 Å². The first-order valence-corrected chi connectivity index (χ1v) is 19.4. The molecule has 0 spiro atoms. The first kappa shape index (κ1) is 50.7. The summed E-state index contributed by atoms with van der Waals surface area (Å²) < 4.78 is 43.6. The molecular formula is C37H66N4O15. The Kier molecular flexibility index (Phi) is 28.8. The van der Waals surface area contributed by atoms with E-state index in [0.29, 0.717) is 106 Å². The lowest BCUT2D eigenvalue weighted by Crippen LogP contribution is -2.53. The molecule has 0 radical (unpaired) electrons. The highest BCUT2D eigenvalue weighted by molar-refractivity contribution is 6.03. The summed E-state index contributed by atoms with van der Waals surface area (Å²) in [5, 5.41) is 16.7. The van der Waals surface area contributed by atoms with Crippen molar-refractivity contribution in [2.75, 3.05) is 119 Å². The molecule has 1 fully saturated rings. The summed E-state index contributed by atoms with van der Waals surface area (Å²) in [6.45, 7) is 15.1. The van der Waals surface area contributed by atoms with E-state index in [1.165, 1.54) is 11.8 Å². The van der Waals surface area contributed by atoms with Gasteiger partial charge >= 0.3 is 5.97 Å². The molecule has 0 aromatic carbocycles. The Hall–Kier alpha value is -3.30. The highest BCUT2D eigenvalue weighted by Gasteiger charge is 2.39. The summed E-state index contributed by atoms with van der Waals surface area (Å²) in [5.74, 6) is -3.15. The zero-order chi connectivity index (χ0) is 41.6. The van der Waals surface area contributed by atoms with Crippen molar-refractivity contribution < 1.29 is 71.8 Å². The fourth-order valence-corrected chi connectivity index (χ4v) is 4.98. The maximum Gasteiger partial charge on any atom is 0.325 e. The summed E-state index contributed by atoms with van der Waals surface area (Å²) in [4.78, 5) is 73.0. The van der Waals surface area contributed by atoms with Gasteiger partial charge in [-0.1, -0.05) is 27.7 Å². The van der Waals surface area contributed by atoms with Crippen molar-refractivity contribution in [3.8, 4) is 0 Å². The third kappa shape index (κ3) is 24.4. The van der Waals surface area contributed by atoms with Gasteiger partial charge in [-0.25, -0.2) is 0 Å². The van der Waals surface area contributed by atoms with Crippen LogP contribution >= 0.6 is 0 Å². The Morgan fingerprint density at radius 2 is 1.05 bits per heavy atom. The third-order valence-electron chi connectivity index (χ3n) is 8.29. The van der Waals surface area contributed by atoms with Gasteiger partial charge in [-0.05, 0) is 18.8 Å². The van der Waals surface area contributed by atoms with Crippen LogP contribution in [0.25, 0.3) is 0 Å². The predicted octanol–water partition coefficient (Wildman–Crippen LogP) is -0.223. The van der Waals surface area contributed by atoms with E-state index in [0.717, 1.165) is 0 Å². The number of aliphatic carboxylic acids is 1. The fraction of sp³-hybridized carbons (Fsp3) is 0.838. The maximum atomic E-state index is 12.3. The van der Waals surface area contributed by atoms with Crippen molar-refractivity contribution in [1.82, 2.24) is 20.9 Å². The van der Waals surface area contributed by atoms with Gasteiger partial charge in [-0.3, -0.25) is 33.7 Å². The first-order chi connectivity index (χ1) is 26.8. The lowest BCUT2D eigenvalue weighted by atomic mass is 9.94. The van der Waals surface area contributed by atoms with Crippen LogP contribution in [0.3, 0.4) is 0 Å². The number of ether oxygens (including phenoxy) is 8. The second kappa shape index (κ2) is 31.7. The number of likely N-dealkylation sites (tertiary alicyclic amines) is 1. The van der Waals surface area contributed by atoms with Crippen LogP contribution in [0.5, 0.6) is 0 Å². The molecule has 56 heavy (non-hydrogen) atoms. The lowest BCUT2D eigenvalue weighted by molar-refractivity contribution is -0.142. The van der Waals surface area contributed by atoms with Gasteiger partial charge in [0.05, 0.1) is 106 Å². The summed E-state index contributed by atoms with van der Waals surface area (Å²) in [6.07, 6.45) is 0.334. The van der Waals surface area contributed by atoms with E-state index in [-0.39, 0.29) is 73.8 Å². The SMILES string of the molecule is CC(C)C1CC(=O)N(CCC(=O)NCCOCCOCCOCCOCCOCCOCCOCCOCCC(=O)N[C@H](C(=O)N[C@@H](C)C(=O)O)C(C)C)C1=O. The Bertz CT molecular complexity index is 1140. The molecule has 1 unspecified atom stereocenters. The van der Waals surface area contributed by atoms with Crippen LogP contribution in [-0.2, 0) is 66.7 Å². The standard InChI is InChI=1S/C37H66N4O15/c1-27(2)30-26-33(44)41(36(30)46)9-6-31(42)38-8-11-50-13-15-52-17-19-54-21-23-56-25-24-55-22-20-53-18-16-51-14-12-49-10-7-32(43)40-34(28(3)4)35(45)39-29(5)37(47)48/h27-30,34H,6-26H2,1-5H3,(H,38,42)(H,39,45)(H,40,43)(H,47,48)/t29-,30?,34-/m0/s1. The second-order valence-electron chi connectivity index (χ2n) is 13.5. The highest BCUT2D eigenvalue weighted by atomic mass is 16.6. The monoisotopic (exact) mass is 806 g/mol. The molecule has 1 rings (SSSR count). The van der Waals surface area contributed by atoms with Gasteiger partial charge in [0, 0.05) is 38.3 Å². The minimum Gasteiger partial charge on any atom is -0.480 e. The van der Waals surface area contributed by atoms with Gasteiger partial charge in [0.2, 0.25) is 29.5 Å². The number of carbonyl (C=O) groups excluding carboxylic acids is 5. The van der Waals surface area contributed by atoms with Gasteiger partial charge in [-0.2, -0.15) is 0 Å². The number of carboxylic acids is 1. The van der Waals surface area contributed by atoms with E-state index in [9.17, 15) is 28.8 Å². The van der Waals surface area contributed by atoms with Crippen LogP contribution in [0.15, 0.2) is 0 Å². The molecule has 0 aromatic heterocycles. The zero-order valence-electron chi connectivity index (χ0n) is 33.8. The molecule has 19 nitrogen and oxygen atoms in total. The van der Waals surface area contributed by atoms with Crippen LogP contribution in [0, 0.1) is 17.8 Å². The molecule has 1 saturated heterocycles. The van der Waals surface area contributed by atoms with Crippen LogP contribution in [0.4, 0.5) is 0 Å². The van der Waals surface area contributed by atoms with Crippen LogP contribution in [0.1, 0.15) is 53.9 Å². The van der Waals surface area contributed by atoms with Gasteiger partial charge in [-0.15, -0.1) is 0 Å². The third-order valence-corrected chi connectivity index (χ3v) is 8.29. The maximum absolute atomic E-state index is 12.3. The number of carboxylic acid groups (broad SMARTS) is 1. The Morgan fingerprint density at radius 1 is 0.625 bits per heavy atom. The Balaban J connectivity index is 1.80. The zero-order valence-corrected chi connectivity index (χ0v) is 33.8. The molecule has 0 aromatic rings. The molecule has 1 aliphatic heterocycles. The van der Waals surface area contributed by atoms with Crippen molar-refractivity contribution >= 4 is 35.5 Å². The molecule has 5 amide bonds. The second-order valence-corrected chi connectivity index (χ2v) is 13.5. The minimum absolute atomic E-state index is 0.0487. The van der Waals surface area contributed by atoms with E-state index >= 15 is 0 Å². The van der Waals surface area contributed by atoms with Crippen molar-refractivity contribution in [1.29, 1.82) is 0 Å². The number of nitrogens with one attached hydrogen (secondary N) is 3. The highest BCUT2D eigenvalue weighted by Crippen LogP contribution is 2.26. The first-order valence-electron chi connectivity index (χ1n) is 19.4. The fourth-order valence-electron chi connectivity index (χ4n) is 4.98. The molecule has 1 aliphatic rings. The topological polar surface area (TPSA) is 236 Å². The average Bonchev–Trinajstić information content (AvgIpc) is 3.44. The summed E-state index contributed by atoms with van der Waals surface area (Å²) in [7, 11) is 0. The Morgan fingerprint density at radius 3 is 1.45 bits per heavy atom. The van der Waals surface area contributed by atoms with Crippen molar-refractivity contribution in [3.63, 3.8) is 0 Å². The van der Waals surface area contributed by atoms with Gasteiger partial charge in [0.1, 0.15) is 12.1 Å². The van der Waals surface area contributed by atoms with Gasteiger partial charge in [0.25, 0.3) is 0 Å². The van der Waals surface area contributed by atoms with Crippen molar-refractivity contribution in [2.24, 2.45) is 17.8 Å². The van der Waals surface area contributed by atoms with Crippen molar-refractivity contribution in [2.45, 2.75) is 66.0 Å². The lowest BCUT2D eigenvalue weighted by Gasteiger charge is -2.23. The molecule has 0 saturated carbocycles. The van der Waals surface area contributed by atoms with E-state index in [1.807, 2.05) is 13.8 Å². The summed E-state index contributed by atoms with van der Waals surface area (Å²) in [5.41, 5.74) is 0. The Labute approximate surface area is 330 Å². The normalized spacial score (nSPS) is 15.4. The van der Waals surface area contributed by atoms with Gasteiger partial charge < -0.3 is 59.0 Å². The number of carbonyl (C=O) groups is 6. The van der Waals surface area contributed by atoms with E-state index in [2.05, 4.69) is 16.0 Å². The smallest absolute Gasteiger partial charge is 0.325 e. The number of rotatable bonds is 36. The van der Waals surface area contributed by atoms with E-state index in [1.54, 1.807) is 13.8 Å². The average molecular weight is 807 g/mol. The van der Waals surface area contributed by atoms with Gasteiger partial charge in [0.15, 0.2) is 0 Å².